The first-order valence-electron chi connectivity index (χ1n) is 8.60. The molecular formula is C17H28O6. The normalized spacial score (nSPS) is 27.1. The van der Waals surface area contributed by atoms with Crippen LogP contribution in [0.2, 0.25) is 0 Å². The number of hydrogen-bond acceptors (Lipinski definition) is 6. The summed E-state index contributed by atoms with van der Waals surface area (Å²) >= 11 is 0. The molecule has 1 aliphatic heterocycles. The number of ether oxygens (including phenoxy) is 4. The Labute approximate surface area is 137 Å². The minimum atomic E-state index is -0.357. The van der Waals surface area contributed by atoms with Crippen LogP contribution < -0.4 is 0 Å². The molecule has 0 N–H and O–H groups in total. The van der Waals surface area contributed by atoms with Crippen molar-refractivity contribution < 1.29 is 28.5 Å². The van der Waals surface area contributed by atoms with Gasteiger partial charge in [0, 0.05) is 5.92 Å². The predicted molar refractivity (Wildman–Crippen MR) is 82.3 cm³/mol. The van der Waals surface area contributed by atoms with Gasteiger partial charge >= 0.3 is 11.9 Å². The van der Waals surface area contributed by atoms with Gasteiger partial charge in [0.15, 0.2) is 12.6 Å². The number of hydrogen-bond donors (Lipinski definition) is 0. The number of rotatable bonds is 7. The van der Waals surface area contributed by atoms with E-state index in [1.165, 1.54) is 0 Å². The Bertz CT molecular complexity index is 385. The highest BCUT2D eigenvalue weighted by molar-refractivity contribution is 5.74. The van der Waals surface area contributed by atoms with Gasteiger partial charge in [-0.05, 0) is 51.9 Å². The second kappa shape index (κ2) is 8.11. The van der Waals surface area contributed by atoms with E-state index in [0.29, 0.717) is 19.1 Å². The molecule has 6 heteroatoms. The monoisotopic (exact) mass is 328 g/mol. The molecule has 0 bridgehead atoms. The van der Waals surface area contributed by atoms with E-state index in [1.54, 1.807) is 13.8 Å². The van der Waals surface area contributed by atoms with Gasteiger partial charge in [0.1, 0.15) is 0 Å². The summed E-state index contributed by atoms with van der Waals surface area (Å²) in [5.41, 5.74) is -0.357. The lowest BCUT2D eigenvalue weighted by atomic mass is 9.66. The van der Waals surface area contributed by atoms with Crippen LogP contribution in [0.25, 0.3) is 0 Å². The van der Waals surface area contributed by atoms with Crippen LogP contribution in [0, 0.1) is 11.3 Å². The van der Waals surface area contributed by atoms with Gasteiger partial charge in [-0.1, -0.05) is 0 Å². The topological polar surface area (TPSA) is 71.1 Å². The summed E-state index contributed by atoms with van der Waals surface area (Å²) in [4.78, 5) is 23.9. The third-order valence-corrected chi connectivity index (χ3v) is 4.78. The van der Waals surface area contributed by atoms with Gasteiger partial charge in [0.25, 0.3) is 0 Å². The van der Waals surface area contributed by atoms with E-state index in [9.17, 15) is 9.59 Å². The summed E-state index contributed by atoms with van der Waals surface area (Å²) < 4.78 is 21.3. The zero-order valence-electron chi connectivity index (χ0n) is 14.3. The molecular weight excluding hydrogens is 300 g/mol. The molecule has 0 aromatic heterocycles. The molecule has 2 aliphatic rings. The van der Waals surface area contributed by atoms with Crippen molar-refractivity contribution in [2.24, 2.45) is 11.3 Å². The standard InChI is InChI=1S/C17H28O6/c1-4-20-14(18)10-17(11-15(19)21-5-2)8-6-13(7-9-17)16-22-12(3)23-16/h12-13,16H,4-11H2,1-3H3. The first-order chi connectivity index (χ1) is 11.0. The molecule has 6 nitrogen and oxygen atoms in total. The van der Waals surface area contributed by atoms with Crippen molar-refractivity contribution in [2.45, 2.75) is 71.9 Å². The van der Waals surface area contributed by atoms with Gasteiger partial charge in [-0.15, -0.1) is 0 Å². The highest BCUT2D eigenvalue weighted by Crippen LogP contribution is 2.47. The highest BCUT2D eigenvalue weighted by Gasteiger charge is 2.44. The molecule has 0 aromatic rings. The molecule has 132 valence electrons. The molecule has 0 amide bonds. The predicted octanol–water partition coefficient (Wildman–Crippen LogP) is 2.79. The molecule has 23 heavy (non-hydrogen) atoms. The van der Waals surface area contributed by atoms with Crippen molar-refractivity contribution in [1.29, 1.82) is 0 Å². The molecule has 1 saturated carbocycles. The average molecular weight is 328 g/mol. The van der Waals surface area contributed by atoms with Gasteiger partial charge in [0.05, 0.1) is 26.1 Å². The number of carbonyl (C=O) groups excluding carboxylic acids is 2. The van der Waals surface area contributed by atoms with Gasteiger partial charge in [-0.3, -0.25) is 9.59 Å². The molecule has 0 spiro atoms. The molecule has 0 radical (unpaired) electrons. The lowest BCUT2D eigenvalue weighted by Crippen LogP contribution is -2.46. The van der Waals surface area contributed by atoms with Gasteiger partial charge in [-0.2, -0.15) is 0 Å². The molecule has 0 aromatic carbocycles. The van der Waals surface area contributed by atoms with Crippen LogP contribution in [-0.4, -0.2) is 37.7 Å². The Morgan fingerprint density at radius 1 is 1.00 bits per heavy atom. The lowest BCUT2D eigenvalue weighted by molar-refractivity contribution is -0.395. The zero-order chi connectivity index (χ0) is 16.9. The van der Waals surface area contributed by atoms with Crippen molar-refractivity contribution in [2.75, 3.05) is 13.2 Å². The van der Waals surface area contributed by atoms with Crippen LogP contribution in [0.3, 0.4) is 0 Å². The quantitative estimate of drug-likeness (QED) is 0.669. The Balaban J connectivity index is 1.94. The maximum Gasteiger partial charge on any atom is 0.306 e. The molecule has 1 saturated heterocycles. The molecule has 2 fully saturated rings. The summed E-state index contributed by atoms with van der Waals surface area (Å²) in [6, 6.07) is 0. The third-order valence-electron chi connectivity index (χ3n) is 4.78. The van der Waals surface area contributed by atoms with Crippen LogP contribution in [-0.2, 0) is 28.5 Å². The Morgan fingerprint density at radius 2 is 1.48 bits per heavy atom. The van der Waals surface area contributed by atoms with E-state index < -0.39 is 0 Å². The SMILES string of the molecule is CCOC(=O)CC1(CC(=O)OCC)CCC(C2OC(C)O2)CC1. The second-order valence-corrected chi connectivity index (χ2v) is 6.51. The molecule has 1 aliphatic carbocycles. The minimum absolute atomic E-state index is 0.120. The fraction of sp³-hybridized carbons (Fsp3) is 0.882. The maximum absolute atomic E-state index is 12.0. The fourth-order valence-corrected chi connectivity index (χ4v) is 3.59. The maximum atomic E-state index is 12.0. The van der Waals surface area contributed by atoms with Gasteiger partial charge < -0.3 is 18.9 Å². The first kappa shape index (κ1) is 18.2. The lowest BCUT2D eigenvalue weighted by Gasteiger charge is -2.45. The summed E-state index contributed by atoms with van der Waals surface area (Å²) in [6.07, 6.45) is 3.63. The van der Waals surface area contributed by atoms with Crippen molar-refractivity contribution in [3.8, 4) is 0 Å². The van der Waals surface area contributed by atoms with E-state index in [1.807, 2.05) is 6.92 Å². The largest absolute Gasteiger partial charge is 0.466 e. The van der Waals surface area contributed by atoms with Crippen LogP contribution >= 0.6 is 0 Å². The van der Waals surface area contributed by atoms with Crippen LogP contribution in [0.4, 0.5) is 0 Å². The highest BCUT2D eigenvalue weighted by atomic mass is 16.9. The second-order valence-electron chi connectivity index (χ2n) is 6.51. The van der Waals surface area contributed by atoms with E-state index in [4.69, 9.17) is 18.9 Å². The summed E-state index contributed by atoms with van der Waals surface area (Å²) in [6.45, 7) is 6.18. The zero-order valence-corrected chi connectivity index (χ0v) is 14.3. The third kappa shape index (κ3) is 4.91. The van der Waals surface area contributed by atoms with E-state index in [2.05, 4.69) is 0 Å². The summed E-state index contributed by atoms with van der Waals surface area (Å²) in [5, 5.41) is 0. The first-order valence-corrected chi connectivity index (χ1v) is 8.60. The fourth-order valence-electron chi connectivity index (χ4n) is 3.59. The van der Waals surface area contributed by atoms with Gasteiger partial charge in [-0.25, -0.2) is 0 Å². The Hall–Kier alpha value is -1.14. The molecule has 0 unspecified atom stereocenters. The summed E-state index contributed by atoms with van der Waals surface area (Å²) in [7, 11) is 0. The molecule has 2 rings (SSSR count). The van der Waals surface area contributed by atoms with Gasteiger partial charge in [0.2, 0.25) is 0 Å². The summed E-state index contributed by atoms with van der Waals surface area (Å²) in [5.74, 6) is -0.135. The van der Waals surface area contributed by atoms with Crippen LogP contribution in [0.1, 0.15) is 59.3 Å². The molecule has 0 atom stereocenters. The van der Waals surface area contributed by atoms with E-state index >= 15 is 0 Å². The van der Waals surface area contributed by atoms with Crippen molar-refractivity contribution in [3.05, 3.63) is 0 Å². The Kier molecular flexibility index (Phi) is 6.41. The van der Waals surface area contributed by atoms with E-state index in [-0.39, 0.29) is 42.8 Å². The number of esters is 2. The van der Waals surface area contributed by atoms with Crippen LogP contribution in [0.5, 0.6) is 0 Å². The molecule has 1 heterocycles. The van der Waals surface area contributed by atoms with Crippen molar-refractivity contribution >= 4 is 11.9 Å². The average Bonchev–Trinajstić information content (AvgIpc) is 2.45. The van der Waals surface area contributed by atoms with Crippen LogP contribution in [0.15, 0.2) is 0 Å². The minimum Gasteiger partial charge on any atom is -0.466 e. The Morgan fingerprint density at radius 3 is 1.87 bits per heavy atom. The van der Waals surface area contributed by atoms with Crippen molar-refractivity contribution in [3.63, 3.8) is 0 Å². The smallest absolute Gasteiger partial charge is 0.306 e. The number of carbonyl (C=O) groups is 2. The van der Waals surface area contributed by atoms with Crippen molar-refractivity contribution in [1.82, 2.24) is 0 Å². The van der Waals surface area contributed by atoms with E-state index in [0.717, 1.165) is 25.7 Å².